The first-order valence-corrected chi connectivity index (χ1v) is 8.03. The Kier molecular flexibility index (Phi) is 3.65. The molecule has 126 valence electrons. The molecule has 0 saturated heterocycles. The Bertz CT molecular complexity index is 976. The van der Waals surface area contributed by atoms with E-state index in [0.29, 0.717) is 29.3 Å². The van der Waals surface area contributed by atoms with E-state index in [1.54, 1.807) is 24.3 Å². The second kappa shape index (κ2) is 5.98. The third kappa shape index (κ3) is 2.61. The van der Waals surface area contributed by atoms with Crippen molar-refractivity contribution in [1.29, 1.82) is 0 Å². The van der Waals surface area contributed by atoms with Crippen molar-refractivity contribution in [2.75, 3.05) is 23.4 Å². The van der Waals surface area contributed by atoms with Crippen LogP contribution in [0.3, 0.4) is 0 Å². The van der Waals surface area contributed by atoms with Crippen LogP contribution in [0, 0.1) is 0 Å². The SMILES string of the molecule is CCOc1cccc2cc(C(=O)N3CC(=O)Nc4ccccc43)oc12. The molecule has 2 heterocycles. The van der Waals surface area contributed by atoms with Crippen LogP contribution in [0.1, 0.15) is 17.5 Å². The summed E-state index contributed by atoms with van der Waals surface area (Å²) < 4.78 is 11.3. The average Bonchev–Trinajstić information content (AvgIpc) is 3.06. The molecule has 0 fully saturated rings. The second-order valence-corrected chi connectivity index (χ2v) is 5.67. The van der Waals surface area contributed by atoms with Crippen LogP contribution in [0.25, 0.3) is 11.0 Å². The molecule has 6 heteroatoms. The Hall–Kier alpha value is -3.28. The number of rotatable bonds is 3. The van der Waals surface area contributed by atoms with Gasteiger partial charge in [-0.3, -0.25) is 14.5 Å². The van der Waals surface area contributed by atoms with Crippen LogP contribution >= 0.6 is 0 Å². The summed E-state index contributed by atoms with van der Waals surface area (Å²) in [5.74, 6) is 0.168. The summed E-state index contributed by atoms with van der Waals surface area (Å²) >= 11 is 0. The highest BCUT2D eigenvalue weighted by Gasteiger charge is 2.29. The number of fused-ring (bicyclic) bond motifs is 2. The van der Waals surface area contributed by atoms with Gasteiger partial charge in [-0.1, -0.05) is 24.3 Å². The predicted molar refractivity (Wildman–Crippen MR) is 94.1 cm³/mol. The van der Waals surface area contributed by atoms with Gasteiger partial charge in [0.05, 0.1) is 18.0 Å². The Morgan fingerprint density at radius 2 is 2.08 bits per heavy atom. The Labute approximate surface area is 144 Å². The van der Waals surface area contributed by atoms with E-state index in [1.807, 2.05) is 31.2 Å². The molecule has 3 aromatic rings. The van der Waals surface area contributed by atoms with Crippen LogP contribution in [0.4, 0.5) is 11.4 Å². The second-order valence-electron chi connectivity index (χ2n) is 5.67. The molecular weight excluding hydrogens is 320 g/mol. The standard InChI is InChI=1S/C19H16N2O4/c1-2-24-15-9-5-6-12-10-16(25-18(12)15)19(23)21-11-17(22)20-13-7-3-4-8-14(13)21/h3-10H,2,11H2,1H3,(H,20,22). The number of carbonyl (C=O) groups excluding carboxylic acids is 2. The van der Waals surface area contributed by atoms with Gasteiger partial charge in [-0.05, 0) is 31.2 Å². The Morgan fingerprint density at radius 3 is 2.92 bits per heavy atom. The molecule has 0 radical (unpaired) electrons. The highest BCUT2D eigenvalue weighted by atomic mass is 16.5. The lowest BCUT2D eigenvalue weighted by Gasteiger charge is -2.28. The van der Waals surface area contributed by atoms with Crippen molar-refractivity contribution < 1.29 is 18.7 Å². The lowest BCUT2D eigenvalue weighted by atomic mass is 10.1. The molecule has 1 aliphatic rings. The fourth-order valence-corrected chi connectivity index (χ4v) is 2.96. The number of hydrogen-bond acceptors (Lipinski definition) is 4. The molecule has 4 rings (SSSR count). The van der Waals surface area contributed by atoms with Crippen molar-refractivity contribution in [3.8, 4) is 5.75 Å². The molecule has 2 amide bonds. The molecule has 0 saturated carbocycles. The van der Waals surface area contributed by atoms with Crippen molar-refractivity contribution in [2.24, 2.45) is 0 Å². The van der Waals surface area contributed by atoms with Crippen LogP contribution in [-0.4, -0.2) is 25.0 Å². The maximum atomic E-state index is 13.0. The van der Waals surface area contributed by atoms with Crippen LogP contribution in [0.2, 0.25) is 0 Å². The fourth-order valence-electron chi connectivity index (χ4n) is 2.96. The van der Waals surface area contributed by atoms with Crippen LogP contribution in [0.5, 0.6) is 5.75 Å². The van der Waals surface area contributed by atoms with Crippen molar-refractivity contribution in [2.45, 2.75) is 6.92 Å². The van der Waals surface area contributed by atoms with Crippen molar-refractivity contribution in [1.82, 2.24) is 0 Å². The zero-order chi connectivity index (χ0) is 17.4. The number of benzene rings is 2. The summed E-state index contributed by atoms with van der Waals surface area (Å²) in [5.41, 5.74) is 1.79. The van der Waals surface area contributed by atoms with Gasteiger partial charge in [0.15, 0.2) is 17.1 Å². The van der Waals surface area contributed by atoms with E-state index in [-0.39, 0.29) is 24.1 Å². The number of para-hydroxylation sites is 3. The van der Waals surface area contributed by atoms with E-state index in [4.69, 9.17) is 9.15 Å². The number of anilines is 2. The minimum Gasteiger partial charge on any atom is -0.490 e. The first kappa shape index (κ1) is 15.3. The first-order valence-electron chi connectivity index (χ1n) is 8.03. The maximum absolute atomic E-state index is 13.0. The molecular formula is C19H16N2O4. The van der Waals surface area contributed by atoms with E-state index in [0.717, 1.165) is 5.39 Å². The molecule has 6 nitrogen and oxygen atoms in total. The van der Waals surface area contributed by atoms with Gasteiger partial charge in [-0.2, -0.15) is 0 Å². The van der Waals surface area contributed by atoms with E-state index in [9.17, 15) is 9.59 Å². The zero-order valence-corrected chi connectivity index (χ0v) is 13.6. The molecule has 1 aliphatic heterocycles. The van der Waals surface area contributed by atoms with Gasteiger partial charge in [-0.15, -0.1) is 0 Å². The summed E-state index contributed by atoms with van der Waals surface area (Å²) in [6, 6.07) is 14.4. The Balaban J connectivity index is 1.75. The predicted octanol–water partition coefficient (Wildman–Crippen LogP) is 3.43. The highest BCUT2D eigenvalue weighted by Crippen LogP contribution is 2.33. The summed E-state index contributed by atoms with van der Waals surface area (Å²) in [7, 11) is 0. The van der Waals surface area contributed by atoms with Gasteiger partial charge in [0, 0.05) is 5.39 Å². The van der Waals surface area contributed by atoms with E-state index in [1.165, 1.54) is 4.90 Å². The van der Waals surface area contributed by atoms with Crippen molar-refractivity contribution >= 4 is 34.2 Å². The summed E-state index contributed by atoms with van der Waals surface area (Å²) in [5, 5.41) is 3.55. The highest BCUT2D eigenvalue weighted by molar-refractivity contribution is 6.15. The molecule has 0 spiro atoms. The maximum Gasteiger partial charge on any atom is 0.294 e. The number of ether oxygens (including phenoxy) is 1. The number of furan rings is 1. The third-order valence-corrected chi connectivity index (χ3v) is 4.03. The fraction of sp³-hybridized carbons (Fsp3) is 0.158. The average molecular weight is 336 g/mol. The molecule has 0 atom stereocenters. The van der Waals surface area contributed by atoms with Gasteiger partial charge in [-0.25, -0.2) is 0 Å². The quantitative estimate of drug-likeness (QED) is 0.795. The van der Waals surface area contributed by atoms with E-state index >= 15 is 0 Å². The molecule has 0 bridgehead atoms. The summed E-state index contributed by atoms with van der Waals surface area (Å²) in [6.07, 6.45) is 0. The minimum absolute atomic E-state index is 0.0504. The van der Waals surface area contributed by atoms with Crippen molar-refractivity contribution in [3.05, 3.63) is 54.3 Å². The van der Waals surface area contributed by atoms with Gasteiger partial charge < -0.3 is 14.5 Å². The van der Waals surface area contributed by atoms with Gasteiger partial charge in [0.25, 0.3) is 5.91 Å². The largest absolute Gasteiger partial charge is 0.490 e. The van der Waals surface area contributed by atoms with Crippen LogP contribution in [-0.2, 0) is 4.79 Å². The Morgan fingerprint density at radius 1 is 1.24 bits per heavy atom. The zero-order valence-electron chi connectivity index (χ0n) is 13.6. The monoisotopic (exact) mass is 336 g/mol. The van der Waals surface area contributed by atoms with E-state index in [2.05, 4.69) is 5.32 Å². The number of nitrogens with one attached hydrogen (secondary N) is 1. The summed E-state index contributed by atoms with van der Waals surface area (Å²) in [4.78, 5) is 26.3. The lowest BCUT2D eigenvalue weighted by molar-refractivity contribution is -0.115. The van der Waals surface area contributed by atoms with Crippen molar-refractivity contribution in [3.63, 3.8) is 0 Å². The van der Waals surface area contributed by atoms with Gasteiger partial charge >= 0.3 is 0 Å². The number of amides is 2. The van der Waals surface area contributed by atoms with Crippen LogP contribution < -0.4 is 15.0 Å². The molecule has 1 N–H and O–H groups in total. The molecule has 1 aromatic heterocycles. The smallest absolute Gasteiger partial charge is 0.294 e. The first-order chi connectivity index (χ1) is 12.2. The number of carbonyl (C=O) groups is 2. The third-order valence-electron chi connectivity index (χ3n) is 4.03. The van der Waals surface area contributed by atoms with Crippen LogP contribution in [0.15, 0.2) is 52.9 Å². The molecule has 0 aliphatic carbocycles. The van der Waals surface area contributed by atoms with E-state index < -0.39 is 0 Å². The number of hydrogen-bond donors (Lipinski definition) is 1. The van der Waals surface area contributed by atoms with Gasteiger partial charge in [0.2, 0.25) is 5.91 Å². The summed E-state index contributed by atoms with van der Waals surface area (Å²) in [6.45, 7) is 2.34. The lowest BCUT2D eigenvalue weighted by Crippen LogP contribution is -2.42. The topological polar surface area (TPSA) is 71.8 Å². The molecule has 0 unspecified atom stereocenters. The molecule has 2 aromatic carbocycles. The molecule has 25 heavy (non-hydrogen) atoms. The normalized spacial score (nSPS) is 13.5. The minimum atomic E-state index is -0.360. The number of nitrogens with zero attached hydrogens (tertiary/aromatic N) is 1. The van der Waals surface area contributed by atoms with Gasteiger partial charge in [0.1, 0.15) is 6.54 Å².